The van der Waals surface area contributed by atoms with Gasteiger partial charge in [0.05, 0.1) is 15.1 Å². The Hall–Kier alpha value is -0.130. The maximum atomic E-state index is 11.9. The van der Waals surface area contributed by atoms with Gasteiger partial charge in [-0.1, -0.05) is 6.92 Å². The van der Waals surface area contributed by atoms with E-state index in [1.807, 2.05) is 0 Å². The van der Waals surface area contributed by atoms with Gasteiger partial charge in [-0.25, -0.2) is 8.42 Å². The molecule has 0 aliphatic rings. The lowest BCUT2D eigenvalue weighted by molar-refractivity contribution is 0.582. The Labute approximate surface area is 103 Å². The molecule has 1 rings (SSSR count). The molecule has 0 aromatic carbocycles. The highest BCUT2D eigenvalue weighted by atomic mass is 79.9. The molecule has 0 spiro atoms. The summed E-state index contributed by atoms with van der Waals surface area (Å²) in [7, 11) is -3.27. The first kappa shape index (κ1) is 12.9. The third kappa shape index (κ3) is 3.43. The van der Waals surface area contributed by atoms with Crippen molar-refractivity contribution in [1.82, 2.24) is 4.98 Å². The smallest absolute Gasteiger partial charge is 0.179 e. The minimum Gasteiger partial charge on any atom is -0.263 e. The highest BCUT2D eigenvalue weighted by molar-refractivity contribution is 9.10. The monoisotopic (exact) mass is 311 g/mol. The van der Waals surface area contributed by atoms with Gasteiger partial charge in [0.15, 0.2) is 9.84 Å². The second kappa shape index (κ2) is 5.27. The minimum atomic E-state index is -3.27. The second-order valence-electron chi connectivity index (χ2n) is 3.35. The number of hydrogen-bond donors (Lipinski definition) is 0. The fourth-order valence-electron chi connectivity index (χ4n) is 1.12. The molecule has 3 nitrogen and oxygen atoms in total. The van der Waals surface area contributed by atoms with E-state index in [1.165, 1.54) is 18.5 Å². The number of hydrogen-bond acceptors (Lipinski definition) is 3. The van der Waals surface area contributed by atoms with Crippen molar-refractivity contribution in [1.29, 1.82) is 0 Å². The van der Waals surface area contributed by atoms with Crippen LogP contribution in [0.1, 0.15) is 6.92 Å². The molecule has 0 bridgehead atoms. The summed E-state index contributed by atoms with van der Waals surface area (Å²) in [6.45, 7) is 1.81. The number of rotatable bonds is 4. The Morgan fingerprint density at radius 1 is 1.60 bits per heavy atom. The van der Waals surface area contributed by atoms with Crippen LogP contribution in [0.15, 0.2) is 27.8 Å². The predicted molar refractivity (Wildman–Crippen MR) is 63.9 cm³/mol. The molecule has 0 radical (unpaired) electrons. The van der Waals surface area contributed by atoms with Gasteiger partial charge in [0.25, 0.3) is 0 Å². The van der Waals surface area contributed by atoms with E-state index in [9.17, 15) is 8.42 Å². The van der Waals surface area contributed by atoms with Crippen molar-refractivity contribution in [2.75, 3.05) is 11.6 Å². The third-order valence-electron chi connectivity index (χ3n) is 1.84. The normalized spacial score (nSPS) is 13.8. The number of aromatic nitrogens is 1. The summed E-state index contributed by atoms with van der Waals surface area (Å²) in [5, 5.41) is 0. The van der Waals surface area contributed by atoms with Gasteiger partial charge in [-0.15, -0.1) is 11.6 Å². The molecule has 1 aromatic heterocycles. The van der Waals surface area contributed by atoms with E-state index in [4.69, 9.17) is 11.6 Å². The van der Waals surface area contributed by atoms with E-state index in [0.717, 1.165) is 0 Å². The van der Waals surface area contributed by atoms with E-state index >= 15 is 0 Å². The summed E-state index contributed by atoms with van der Waals surface area (Å²) in [5.41, 5.74) is 0. The number of pyridine rings is 1. The van der Waals surface area contributed by atoms with Crippen LogP contribution in [0.2, 0.25) is 0 Å². The van der Waals surface area contributed by atoms with Crippen molar-refractivity contribution >= 4 is 37.4 Å². The lowest BCUT2D eigenvalue weighted by Gasteiger charge is -2.09. The molecule has 1 heterocycles. The first-order chi connectivity index (χ1) is 6.97. The van der Waals surface area contributed by atoms with Crippen LogP contribution < -0.4 is 0 Å². The van der Waals surface area contributed by atoms with Crippen LogP contribution in [0.4, 0.5) is 0 Å². The first-order valence-corrected chi connectivity index (χ1v) is 7.33. The molecule has 0 saturated heterocycles. The molecule has 0 aliphatic carbocycles. The topological polar surface area (TPSA) is 47.0 Å². The van der Waals surface area contributed by atoms with Crippen LogP contribution in [0, 0.1) is 5.92 Å². The molecular weight excluding hydrogens is 302 g/mol. The van der Waals surface area contributed by atoms with Crippen molar-refractivity contribution in [3.8, 4) is 0 Å². The molecule has 15 heavy (non-hydrogen) atoms. The number of alkyl halides is 1. The highest BCUT2D eigenvalue weighted by Crippen LogP contribution is 2.22. The lowest BCUT2D eigenvalue weighted by atomic mass is 10.3. The van der Waals surface area contributed by atoms with E-state index in [2.05, 4.69) is 20.9 Å². The second-order valence-corrected chi connectivity index (χ2v) is 6.51. The molecule has 0 fully saturated rings. The highest BCUT2D eigenvalue weighted by Gasteiger charge is 2.20. The largest absolute Gasteiger partial charge is 0.263 e. The van der Waals surface area contributed by atoms with Gasteiger partial charge in [0, 0.05) is 18.3 Å². The Kier molecular flexibility index (Phi) is 4.55. The quantitative estimate of drug-likeness (QED) is 0.803. The van der Waals surface area contributed by atoms with Gasteiger partial charge < -0.3 is 0 Å². The Balaban J connectivity index is 3.02. The molecule has 84 valence electrons. The molecule has 1 atom stereocenters. The molecule has 0 amide bonds. The van der Waals surface area contributed by atoms with Crippen molar-refractivity contribution < 1.29 is 8.42 Å². The standard InChI is InChI=1S/C9H11BrClNO2S/c1-7(4-11)6-15(13,14)9-2-3-12-5-8(9)10/h2-3,5,7H,4,6H2,1H3. The van der Waals surface area contributed by atoms with Crippen molar-refractivity contribution in [3.63, 3.8) is 0 Å². The van der Waals surface area contributed by atoms with Crippen molar-refractivity contribution in [2.45, 2.75) is 11.8 Å². The molecule has 1 aromatic rings. The van der Waals surface area contributed by atoms with Crippen LogP contribution in [0.3, 0.4) is 0 Å². The zero-order chi connectivity index (χ0) is 11.5. The zero-order valence-corrected chi connectivity index (χ0v) is 11.3. The summed E-state index contributed by atoms with van der Waals surface area (Å²) in [6, 6.07) is 1.49. The van der Waals surface area contributed by atoms with E-state index in [-0.39, 0.29) is 16.6 Å². The van der Waals surface area contributed by atoms with Crippen LogP contribution in [-0.2, 0) is 9.84 Å². The van der Waals surface area contributed by atoms with E-state index in [1.54, 1.807) is 6.92 Å². The average Bonchev–Trinajstić information content (AvgIpc) is 2.17. The van der Waals surface area contributed by atoms with Gasteiger partial charge in [-0.2, -0.15) is 0 Å². The zero-order valence-electron chi connectivity index (χ0n) is 8.15. The molecule has 6 heteroatoms. The van der Waals surface area contributed by atoms with E-state index < -0.39 is 9.84 Å². The summed E-state index contributed by atoms with van der Waals surface area (Å²) in [5.74, 6) is 0.331. The number of sulfone groups is 1. The fourth-order valence-corrected chi connectivity index (χ4v) is 4.02. The molecule has 0 aliphatic heterocycles. The van der Waals surface area contributed by atoms with Gasteiger partial charge >= 0.3 is 0 Å². The lowest BCUT2D eigenvalue weighted by Crippen LogP contribution is -2.15. The summed E-state index contributed by atoms with van der Waals surface area (Å²) >= 11 is 8.77. The van der Waals surface area contributed by atoms with Gasteiger partial charge in [-0.3, -0.25) is 4.98 Å². The van der Waals surface area contributed by atoms with Crippen LogP contribution in [-0.4, -0.2) is 25.0 Å². The average molecular weight is 313 g/mol. The van der Waals surface area contributed by atoms with Gasteiger partial charge in [0.1, 0.15) is 0 Å². The van der Waals surface area contributed by atoms with Crippen molar-refractivity contribution in [3.05, 3.63) is 22.9 Å². The molecule has 0 saturated carbocycles. The maximum Gasteiger partial charge on any atom is 0.179 e. The van der Waals surface area contributed by atoms with E-state index in [0.29, 0.717) is 10.4 Å². The van der Waals surface area contributed by atoms with Gasteiger partial charge in [0.2, 0.25) is 0 Å². The van der Waals surface area contributed by atoms with Gasteiger partial charge in [-0.05, 0) is 27.9 Å². The Morgan fingerprint density at radius 3 is 2.80 bits per heavy atom. The minimum absolute atomic E-state index is 0.0547. The SMILES string of the molecule is CC(CCl)CS(=O)(=O)c1ccncc1Br. The Bertz CT molecular complexity index is 435. The summed E-state index contributed by atoms with van der Waals surface area (Å²) in [6.07, 6.45) is 2.93. The molecular formula is C9H11BrClNO2S. The molecule has 1 unspecified atom stereocenters. The fraction of sp³-hybridized carbons (Fsp3) is 0.444. The van der Waals surface area contributed by atoms with Crippen LogP contribution >= 0.6 is 27.5 Å². The summed E-state index contributed by atoms with van der Waals surface area (Å²) in [4.78, 5) is 4.09. The Morgan fingerprint density at radius 2 is 2.27 bits per heavy atom. The van der Waals surface area contributed by atoms with Crippen LogP contribution in [0.25, 0.3) is 0 Å². The third-order valence-corrected chi connectivity index (χ3v) is 5.29. The first-order valence-electron chi connectivity index (χ1n) is 4.35. The maximum absolute atomic E-state index is 11.9. The number of nitrogens with zero attached hydrogens (tertiary/aromatic N) is 1. The molecule has 0 N–H and O–H groups in total. The summed E-state index contributed by atoms with van der Waals surface area (Å²) < 4.78 is 24.3. The number of halogens is 2. The van der Waals surface area contributed by atoms with Crippen LogP contribution in [0.5, 0.6) is 0 Å². The van der Waals surface area contributed by atoms with Crippen molar-refractivity contribution in [2.24, 2.45) is 5.92 Å². The predicted octanol–water partition coefficient (Wildman–Crippen LogP) is 2.49.